The molecule has 10 heteroatoms. The summed E-state index contributed by atoms with van der Waals surface area (Å²) < 4.78 is 21.6. The zero-order valence-electron chi connectivity index (χ0n) is 19.7. The van der Waals surface area contributed by atoms with Crippen LogP contribution in [0, 0.1) is 12.7 Å². The lowest BCUT2D eigenvalue weighted by molar-refractivity contribution is -0.172. The Morgan fingerprint density at radius 1 is 1.36 bits per heavy atom. The highest BCUT2D eigenvalue weighted by molar-refractivity contribution is 7.81. The van der Waals surface area contributed by atoms with Crippen LogP contribution in [-0.4, -0.2) is 31.8 Å². The van der Waals surface area contributed by atoms with Crippen molar-refractivity contribution < 1.29 is 23.8 Å². The van der Waals surface area contributed by atoms with E-state index in [2.05, 4.69) is 12.6 Å². The van der Waals surface area contributed by atoms with Gasteiger partial charge in [0.05, 0.1) is 34.3 Å². The van der Waals surface area contributed by atoms with Gasteiger partial charge in [-0.3, -0.25) is 9.59 Å². The van der Waals surface area contributed by atoms with E-state index in [1.807, 2.05) is 0 Å². The van der Waals surface area contributed by atoms with Crippen LogP contribution in [0.1, 0.15) is 59.1 Å². The number of nitrogens with zero attached hydrogens (tertiary/aromatic N) is 2. The number of halogens is 1. The summed E-state index contributed by atoms with van der Waals surface area (Å²) in [6, 6.07) is 2.99. The molecule has 1 unspecified atom stereocenters. The van der Waals surface area contributed by atoms with E-state index in [1.165, 1.54) is 10.6 Å². The molecular weight excluding hydrogens is 485 g/mol. The first-order valence-electron chi connectivity index (χ1n) is 11.9. The molecule has 6 rings (SSSR count). The largest absolute Gasteiger partial charge is 0.458 e. The predicted octanol–water partition coefficient (Wildman–Crippen LogP) is 2.34. The molecule has 8 nitrogen and oxygen atoms in total. The highest BCUT2D eigenvalue weighted by Gasteiger charge is 2.46. The van der Waals surface area contributed by atoms with Crippen molar-refractivity contribution >= 4 is 35.4 Å². The molecule has 4 heterocycles. The zero-order valence-corrected chi connectivity index (χ0v) is 20.6. The summed E-state index contributed by atoms with van der Waals surface area (Å²) in [7, 11) is 0. The van der Waals surface area contributed by atoms with Crippen molar-refractivity contribution in [3.63, 3.8) is 0 Å². The number of aryl methyl sites for hydroxylation is 1. The third kappa shape index (κ3) is 2.85. The van der Waals surface area contributed by atoms with E-state index >= 15 is 0 Å². The first-order valence-corrected chi connectivity index (χ1v) is 12.4. The number of aliphatic hydroxyl groups is 1. The number of ether oxygens (including phenoxy) is 1. The molecule has 3 aliphatic rings. The van der Waals surface area contributed by atoms with Gasteiger partial charge in [0.2, 0.25) is 5.91 Å². The summed E-state index contributed by atoms with van der Waals surface area (Å²) >= 11 is 4.53. The number of hydrogen-bond acceptors (Lipinski definition) is 7. The van der Waals surface area contributed by atoms with Crippen molar-refractivity contribution in [3.05, 3.63) is 61.7 Å². The van der Waals surface area contributed by atoms with Gasteiger partial charge in [0.15, 0.2) is 5.60 Å². The molecule has 0 radical (unpaired) electrons. The molecule has 3 aromatic rings. The molecule has 0 saturated carbocycles. The summed E-state index contributed by atoms with van der Waals surface area (Å²) in [5, 5.41) is 11.1. The number of primary amides is 1. The van der Waals surface area contributed by atoms with Crippen LogP contribution in [0.2, 0.25) is 0 Å². The lowest BCUT2D eigenvalue weighted by atomic mass is 9.76. The number of carbonyl (C=O) groups is 2. The Bertz CT molecular complexity index is 1600. The minimum atomic E-state index is -1.95. The molecule has 1 amide bonds. The molecule has 0 bridgehead atoms. The quantitative estimate of drug-likeness (QED) is 0.288. The average Bonchev–Trinajstić information content (AvgIpc) is 3.23. The molecule has 0 spiro atoms. The van der Waals surface area contributed by atoms with E-state index in [0.717, 1.165) is 22.1 Å². The van der Waals surface area contributed by atoms with Crippen molar-refractivity contribution in [1.82, 2.24) is 9.55 Å². The molecule has 1 aliphatic carbocycles. The molecular formula is C26H24FN3O5S. The van der Waals surface area contributed by atoms with E-state index in [1.54, 1.807) is 19.9 Å². The standard InChI is InChI=1S/C26H24FN3O5S/c1-3-26(34)15-6-18-21-13(8-30(18)24(32)14(15)9-35-25(26)33)19-12(22(36)23(28)31)5-4-11-10(2)16(27)7-17(29-21)20(11)19/h6-7,12,22,34,36H,3-5,8-9H2,1-2H3,(H2,28,31)/t12-,22?,26-/m0/s1. The Labute approximate surface area is 210 Å². The lowest BCUT2D eigenvalue weighted by Gasteiger charge is -2.31. The van der Waals surface area contributed by atoms with Gasteiger partial charge in [-0.2, -0.15) is 12.6 Å². The SMILES string of the molecule is CC[C@@]1(O)C(=O)OCc2c1cc1n(c2=O)Cc2c-1nc1cc(F)c(C)c3c1c2[C@@H](C(S)C(N)=O)CC3. The Morgan fingerprint density at radius 2 is 2.11 bits per heavy atom. The van der Waals surface area contributed by atoms with Crippen molar-refractivity contribution in [2.75, 3.05) is 0 Å². The number of cyclic esters (lactones) is 1. The number of benzene rings is 1. The van der Waals surface area contributed by atoms with Gasteiger partial charge in [-0.05, 0) is 48.9 Å². The van der Waals surface area contributed by atoms with Gasteiger partial charge in [-0.1, -0.05) is 6.92 Å². The Hall–Kier alpha value is -3.24. The summed E-state index contributed by atoms with van der Waals surface area (Å²) in [6.45, 7) is 3.31. The molecule has 0 saturated heterocycles. The third-order valence-electron chi connectivity index (χ3n) is 8.10. The molecule has 2 aromatic heterocycles. The maximum atomic E-state index is 14.9. The second-order valence-electron chi connectivity index (χ2n) is 9.80. The molecule has 1 aromatic carbocycles. The van der Waals surface area contributed by atoms with Crippen molar-refractivity contribution in [2.45, 2.75) is 63.0 Å². The van der Waals surface area contributed by atoms with Crippen LogP contribution in [0.3, 0.4) is 0 Å². The third-order valence-corrected chi connectivity index (χ3v) is 8.71. The highest BCUT2D eigenvalue weighted by Crippen LogP contribution is 2.48. The minimum absolute atomic E-state index is 0.0286. The van der Waals surface area contributed by atoms with E-state index in [9.17, 15) is 23.9 Å². The van der Waals surface area contributed by atoms with E-state index in [-0.39, 0.29) is 48.0 Å². The van der Waals surface area contributed by atoms with Crippen molar-refractivity contribution in [1.29, 1.82) is 0 Å². The smallest absolute Gasteiger partial charge is 0.343 e. The first-order chi connectivity index (χ1) is 17.1. The highest BCUT2D eigenvalue weighted by atomic mass is 32.1. The molecule has 3 atom stereocenters. The topological polar surface area (TPSA) is 125 Å². The summed E-state index contributed by atoms with van der Waals surface area (Å²) in [5.74, 6) is -2.09. The molecule has 0 fully saturated rings. The average molecular weight is 510 g/mol. The first kappa shape index (κ1) is 23.2. The van der Waals surface area contributed by atoms with Gasteiger partial charge in [0, 0.05) is 28.5 Å². The van der Waals surface area contributed by atoms with Gasteiger partial charge in [0.25, 0.3) is 5.56 Å². The van der Waals surface area contributed by atoms with Crippen LogP contribution >= 0.6 is 12.6 Å². The number of carbonyl (C=O) groups excluding carboxylic acids is 2. The number of aromatic nitrogens is 2. The van der Waals surface area contributed by atoms with Gasteiger partial charge in [0.1, 0.15) is 12.4 Å². The van der Waals surface area contributed by atoms with E-state index in [0.29, 0.717) is 35.3 Å². The van der Waals surface area contributed by atoms with Crippen LogP contribution in [0.15, 0.2) is 16.9 Å². The Morgan fingerprint density at radius 3 is 2.81 bits per heavy atom. The lowest BCUT2D eigenvalue weighted by Crippen LogP contribution is -2.44. The number of thiol groups is 1. The number of hydrogen-bond donors (Lipinski definition) is 3. The second-order valence-corrected chi connectivity index (χ2v) is 10.4. The number of fused-ring (bicyclic) bond motifs is 5. The fourth-order valence-electron chi connectivity index (χ4n) is 6.10. The maximum absolute atomic E-state index is 14.9. The molecule has 3 N–H and O–H groups in total. The van der Waals surface area contributed by atoms with Crippen LogP contribution in [0.5, 0.6) is 0 Å². The van der Waals surface area contributed by atoms with E-state index in [4.69, 9.17) is 15.5 Å². The van der Waals surface area contributed by atoms with Gasteiger partial charge in [-0.25, -0.2) is 14.2 Å². The minimum Gasteiger partial charge on any atom is -0.458 e. The normalized spacial score (nSPS) is 22.6. The Balaban J connectivity index is 1.70. The summed E-state index contributed by atoms with van der Waals surface area (Å²) in [5.41, 5.74) is 7.95. The second kappa shape index (κ2) is 7.63. The molecule has 36 heavy (non-hydrogen) atoms. The van der Waals surface area contributed by atoms with Crippen molar-refractivity contribution in [3.8, 4) is 11.4 Å². The Kier molecular flexibility index (Phi) is 4.91. The number of pyridine rings is 2. The summed E-state index contributed by atoms with van der Waals surface area (Å²) in [4.78, 5) is 43.0. The number of rotatable bonds is 3. The number of amides is 1. The molecule has 2 aliphatic heterocycles. The van der Waals surface area contributed by atoms with Crippen LogP contribution < -0.4 is 11.3 Å². The fourth-order valence-corrected chi connectivity index (χ4v) is 6.40. The van der Waals surface area contributed by atoms with Crippen LogP contribution in [-0.2, 0) is 39.5 Å². The van der Waals surface area contributed by atoms with Crippen LogP contribution in [0.4, 0.5) is 4.39 Å². The summed E-state index contributed by atoms with van der Waals surface area (Å²) in [6.07, 6.45) is 1.12. The van der Waals surface area contributed by atoms with Crippen LogP contribution in [0.25, 0.3) is 22.3 Å². The fraction of sp³-hybridized carbons (Fsp3) is 0.385. The van der Waals surface area contributed by atoms with Gasteiger partial charge in [-0.15, -0.1) is 0 Å². The van der Waals surface area contributed by atoms with Gasteiger partial charge >= 0.3 is 5.97 Å². The zero-order chi connectivity index (χ0) is 25.7. The van der Waals surface area contributed by atoms with E-state index < -0.39 is 22.7 Å². The number of nitrogens with two attached hydrogens (primary N) is 1. The van der Waals surface area contributed by atoms with Crippen molar-refractivity contribution in [2.24, 2.45) is 5.73 Å². The predicted molar refractivity (Wildman–Crippen MR) is 132 cm³/mol. The van der Waals surface area contributed by atoms with Gasteiger partial charge < -0.3 is 20.1 Å². The number of esters is 1. The monoisotopic (exact) mass is 509 g/mol. The maximum Gasteiger partial charge on any atom is 0.343 e. The molecule has 186 valence electrons.